The van der Waals surface area contributed by atoms with Gasteiger partial charge in [-0.15, -0.1) is 11.6 Å². The van der Waals surface area contributed by atoms with E-state index in [0.29, 0.717) is 5.88 Å². The van der Waals surface area contributed by atoms with Crippen LogP contribution in [0.15, 0.2) is 28.7 Å². The lowest BCUT2D eigenvalue weighted by Gasteiger charge is -2.14. The molecule has 0 aliphatic heterocycles. The van der Waals surface area contributed by atoms with Gasteiger partial charge in [-0.1, -0.05) is 41.9 Å². The number of rotatable bonds is 4. The lowest BCUT2D eigenvalue weighted by molar-refractivity contribution is 0.348. The summed E-state index contributed by atoms with van der Waals surface area (Å²) in [6.07, 6.45) is 0. The molecule has 0 N–H and O–H groups in total. The Labute approximate surface area is 107 Å². The van der Waals surface area contributed by atoms with Gasteiger partial charge in [0.25, 0.3) is 0 Å². The Kier molecular flexibility index (Phi) is 9.17. The Morgan fingerprint density at radius 3 is 2.20 bits per heavy atom. The zero-order chi connectivity index (χ0) is 11.7. The number of alkyl halides is 1. The number of nitrogens with zero attached hydrogens (tertiary/aromatic N) is 1. The monoisotopic (exact) mass is 291 g/mol. The SMILES string of the molecule is CC.CN(CCCl)Cc1ccc(Br)cc1. The van der Waals surface area contributed by atoms with E-state index in [1.807, 2.05) is 13.8 Å². The average molecular weight is 293 g/mol. The first kappa shape index (κ1) is 14.9. The third-order valence-electron chi connectivity index (χ3n) is 1.83. The molecule has 1 rings (SSSR count). The second-order valence-corrected chi connectivity index (χ2v) is 4.35. The number of hydrogen-bond donors (Lipinski definition) is 0. The molecule has 1 aromatic carbocycles. The van der Waals surface area contributed by atoms with Gasteiger partial charge in [0.2, 0.25) is 0 Å². The van der Waals surface area contributed by atoms with Crippen molar-refractivity contribution in [3.05, 3.63) is 34.3 Å². The molecule has 0 spiro atoms. The third-order valence-corrected chi connectivity index (χ3v) is 2.53. The fourth-order valence-electron chi connectivity index (χ4n) is 1.12. The minimum absolute atomic E-state index is 0.688. The summed E-state index contributed by atoms with van der Waals surface area (Å²) in [4.78, 5) is 2.20. The lowest BCUT2D eigenvalue weighted by Crippen LogP contribution is -2.19. The normalized spacial score (nSPS) is 9.73. The fraction of sp³-hybridized carbons (Fsp3) is 0.500. The van der Waals surface area contributed by atoms with Gasteiger partial charge in [0.05, 0.1) is 0 Å². The van der Waals surface area contributed by atoms with E-state index in [2.05, 4.69) is 52.1 Å². The predicted molar refractivity (Wildman–Crippen MR) is 72.5 cm³/mol. The average Bonchev–Trinajstić information content (AvgIpc) is 2.25. The quantitative estimate of drug-likeness (QED) is 0.754. The van der Waals surface area contributed by atoms with Gasteiger partial charge in [-0.25, -0.2) is 0 Å². The van der Waals surface area contributed by atoms with Gasteiger partial charge in [-0.2, -0.15) is 0 Å². The number of halogens is 2. The zero-order valence-corrected chi connectivity index (χ0v) is 12.0. The summed E-state index contributed by atoms with van der Waals surface area (Å²) in [6.45, 7) is 5.89. The van der Waals surface area contributed by atoms with Crippen LogP contribution in [0, 0.1) is 0 Å². The zero-order valence-electron chi connectivity index (χ0n) is 9.63. The van der Waals surface area contributed by atoms with Crippen LogP contribution in [0.25, 0.3) is 0 Å². The van der Waals surface area contributed by atoms with E-state index in [0.717, 1.165) is 17.6 Å². The Balaban J connectivity index is 0.000000921. The highest BCUT2D eigenvalue weighted by Crippen LogP contribution is 2.11. The summed E-state index contributed by atoms with van der Waals surface area (Å²) >= 11 is 9.05. The minimum atomic E-state index is 0.688. The maximum Gasteiger partial charge on any atom is 0.0351 e. The first-order valence-corrected chi connectivity index (χ1v) is 6.54. The Hall–Kier alpha value is -0.0500. The molecule has 0 aliphatic rings. The highest BCUT2D eigenvalue weighted by Gasteiger charge is 1.98. The second kappa shape index (κ2) is 9.20. The maximum absolute atomic E-state index is 5.64. The predicted octanol–water partition coefficient (Wildman–Crippen LogP) is 4.15. The highest BCUT2D eigenvalue weighted by molar-refractivity contribution is 9.10. The number of hydrogen-bond acceptors (Lipinski definition) is 1. The van der Waals surface area contributed by atoms with Gasteiger partial charge < -0.3 is 4.90 Å². The van der Waals surface area contributed by atoms with Gasteiger partial charge in [-0.05, 0) is 24.7 Å². The molecule has 0 amide bonds. The van der Waals surface area contributed by atoms with Crippen LogP contribution in [-0.4, -0.2) is 24.4 Å². The molecule has 0 atom stereocenters. The first-order chi connectivity index (χ1) is 7.22. The van der Waals surface area contributed by atoms with Crippen molar-refractivity contribution in [3.63, 3.8) is 0 Å². The Bertz CT molecular complexity index is 248. The highest BCUT2D eigenvalue weighted by atomic mass is 79.9. The van der Waals surface area contributed by atoms with Gasteiger partial charge in [0.1, 0.15) is 0 Å². The Morgan fingerprint density at radius 1 is 1.20 bits per heavy atom. The summed E-state index contributed by atoms with van der Waals surface area (Å²) in [5, 5.41) is 0. The van der Waals surface area contributed by atoms with Crippen molar-refractivity contribution < 1.29 is 0 Å². The van der Waals surface area contributed by atoms with E-state index in [-0.39, 0.29) is 0 Å². The van der Waals surface area contributed by atoms with E-state index >= 15 is 0 Å². The standard InChI is InChI=1S/C10H13BrClN.C2H6/c1-13(7-6-12)8-9-2-4-10(11)5-3-9;1-2/h2-5H,6-8H2,1H3;1-2H3. The Morgan fingerprint density at radius 2 is 1.73 bits per heavy atom. The van der Waals surface area contributed by atoms with Crippen molar-refractivity contribution in [2.75, 3.05) is 19.5 Å². The molecule has 0 radical (unpaired) electrons. The van der Waals surface area contributed by atoms with E-state index in [4.69, 9.17) is 11.6 Å². The molecule has 0 fully saturated rings. The maximum atomic E-state index is 5.64. The van der Waals surface area contributed by atoms with Crippen LogP contribution in [0.1, 0.15) is 19.4 Å². The van der Waals surface area contributed by atoms with Crippen LogP contribution < -0.4 is 0 Å². The lowest BCUT2D eigenvalue weighted by atomic mass is 10.2. The molecular formula is C12H19BrClN. The van der Waals surface area contributed by atoms with E-state index in [1.54, 1.807) is 0 Å². The molecule has 0 saturated heterocycles. The van der Waals surface area contributed by atoms with Gasteiger partial charge in [0, 0.05) is 23.4 Å². The molecule has 0 bridgehead atoms. The third kappa shape index (κ3) is 6.93. The van der Waals surface area contributed by atoms with Crippen LogP contribution in [0.5, 0.6) is 0 Å². The molecule has 0 heterocycles. The number of benzene rings is 1. The fourth-order valence-corrected chi connectivity index (χ4v) is 1.68. The summed E-state index contributed by atoms with van der Waals surface area (Å²) < 4.78 is 1.12. The summed E-state index contributed by atoms with van der Waals surface area (Å²) in [5.74, 6) is 0.688. The van der Waals surface area contributed by atoms with E-state index < -0.39 is 0 Å². The molecule has 0 unspecified atom stereocenters. The largest absolute Gasteiger partial charge is 0.301 e. The summed E-state index contributed by atoms with van der Waals surface area (Å²) in [5.41, 5.74) is 1.32. The molecule has 86 valence electrons. The van der Waals surface area contributed by atoms with Crippen molar-refractivity contribution in [1.82, 2.24) is 4.90 Å². The summed E-state index contributed by atoms with van der Waals surface area (Å²) in [6, 6.07) is 8.36. The summed E-state index contributed by atoms with van der Waals surface area (Å²) in [7, 11) is 2.07. The van der Waals surface area contributed by atoms with Crippen LogP contribution in [0.4, 0.5) is 0 Å². The van der Waals surface area contributed by atoms with Crippen LogP contribution in [0.2, 0.25) is 0 Å². The molecule has 0 aromatic heterocycles. The molecule has 0 aliphatic carbocycles. The van der Waals surface area contributed by atoms with Crippen molar-refractivity contribution in [3.8, 4) is 0 Å². The van der Waals surface area contributed by atoms with Crippen LogP contribution in [0.3, 0.4) is 0 Å². The van der Waals surface area contributed by atoms with Crippen LogP contribution in [-0.2, 0) is 6.54 Å². The van der Waals surface area contributed by atoms with Crippen molar-refractivity contribution >= 4 is 27.5 Å². The van der Waals surface area contributed by atoms with E-state index in [9.17, 15) is 0 Å². The molecule has 0 saturated carbocycles. The van der Waals surface area contributed by atoms with Gasteiger partial charge in [-0.3, -0.25) is 0 Å². The smallest absolute Gasteiger partial charge is 0.0351 e. The van der Waals surface area contributed by atoms with Crippen molar-refractivity contribution in [1.29, 1.82) is 0 Å². The molecule has 1 aromatic rings. The minimum Gasteiger partial charge on any atom is -0.301 e. The second-order valence-electron chi connectivity index (χ2n) is 3.05. The van der Waals surface area contributed by atoms with Gasteiger partial charge in [0.15, 0.2) is 0 Å². The van der Waals surface area contributed by atoms with Gasteiger partial charge >= 0.3 is 0 Å². The topological polar surface area (TPSA) is 3.24 Å². The van der Waals surface area contributed by atoms with Crippen molar-refractivity contribution in [2.24, 2.45) is 0 Å². The molecule has 15 heavy (non-hydrogen) atoms. The van der Waals surface area contributed by atoms with E-state index in [1.165, 1.54) is 5.56 Å². The first-order valence-electron chi connectivity index (χ1n) is 5.21. The molecule has 3 heteroatoms. The molecular weight excluding hydrogens is 273 g/mol. The molecule has 1 nitrogen and oxygen atoms in total. The van der Waals surface area contributed by atoms with Crippen LogP contribution >= 0.6 is 27.5 Å². The van der Waals surface area contributed by atoms with Crippen molar-refractivity contribution in [2.45, 2.75) is 20.4 Å².